The number of fused-ring (bicyclic) bond motifs is 2. The Bertz CT molecular complexity index is 3940. The quantitative estimate of drug-likeness (QED) is 0.0300. The van der Waals surface area contributed by atoms with Crippen LogP contribution in [0.2, 0.25) is 0 Å². The number of likely N-dealkylation sites (N-methyl/N-ethyl adjacent to an activating group) is 1. The van der Waals surface area contributed by atoms with Crippen LogP contribution in [0.1, 0.15) is 170 Å². The molecule has 21 nitrogen and oxygen atoms in total. The fraction of sp³-hybridized carbons (Fsp3) is 0.562. The molecule has 2 aliphatic heterocycles. The predicted octanol–water partition coefficient (Wildman–Crippen LogP) is 12.3. The van der Waals surface area contributed by atoms with Gasteiger partial charge in [-0.25, -0.2) is 19.7 Å². The first-order valence-electron chi connectivity index (χ1n) is 34.3. The van der Waals surface area contributed by atoms with Crippen molar-refractivity contribution in [1.82, 2.24) is 55.4 Å². The molecule has 13 rings (SSSR count). The molecule has 4 aliphatic carbocycles. The van der Waals surface area contributed by atoms with Gasteiger partial charge in [0, 0.05) is 73.6 Å². The van der Waals surface area contributed by atoms with E-state index in [9.17, 15) is 29.4 Å². The number of thiazole rings is 2. The van der Waals surface area contributed by atoms with Crippen LogP contribution in [0.3, 0.4) is 0 Å². The molecule has 23 heteroatoms. The second-order valence-electron chi connectivity index (χ2n) is 30.2. The highest BCUT2D eigenvalue weighted by Crippen LogP contribution is 2.72. The molecule has 3 amide bonds. The van der Waals surface area contributed by atoms with E-state index in [0.29, 0.717) is 42.8 Å². The van der Waals surface area contributed by atoms with E-state index in [1.54, 1.807) is 22.7 Å². The Kier molecular flexibility index (Phi) is 20.0. The van der Waals surface area contributed by atoms with Crippen molar-refractivity contribution >= 4 is 79.2 Å². The monoisotopic (exact) mass is 1350 g/mol. The molecule has 4 bridgehead atoms. The van der Waals surface area contributed by atoms with E-state index in [1.165, 1.54) is 11.3 Å². The molecule has 5 N–H and O–H groups in total. The highest BCUT2D eigenvalue weighted by Gasteiger charge is 2.66. The van der Waals surface area contributed by atoms with E-state index >= 15 is 0 Å². The molecule has 0 spiro atoms. The van der Waals surface area contributed by atoms with Crippen LogP contribution in [0, 0.1) is 42.4 Å². The average Bonchev–Trinajstić information content (AvgIpc) is 1.66. The Morgan fingerprint density at radius 1 is 0.854 bits per heavy atom. The summed E-state index contributed by atoms with van der Waals surface area (Å²) in [7, 11) is 2.18. The van der Waals surface area contributed by atoms with E-state index in [-0.39, 0.29) is 71.4 Å². The van der Waals surface area contributed by atoms with Crippen molar-refractivity contribution < 1.29 is 38.9 Å². The maximum atomic E-state index is 14.2. The standard InChI is InChI=1S/C73H95N13O8S2/c1-45-52-18-17-29-84(64(52)82-81-63(45)80-68-77-55-19-13-14-20-57(55)96-68)58-26-25-53(60(78-58)67(91)92)54-35-75-86(48(54)4)43-72-38-70(8)37-71(9,39-72)41-73(40-70,42-72)94-33-30-83(10)28-15-11-12-16-31-93-32-27-59(88)79-62(69(5,6)7)66(90)85-36-51(87)34-56(85)65(89)76-46(2)49-21-23-50(24-22-49)61-47(3)74-44-95-61/h13-14,19-26,35,44,46,51,56,62,87H,11-12,15-18,27-34,36-43H2,1-10H3,(H,76,89)(H,79,88)(H,91,92)(H,77,80,81)/t46-,51+,56-,62+,70?,71?,72?,73?/m0/s1. The zero-order valence-corrected chi connectivity index (χ0v) is 59.1. The third-order valence-electron chi connectivity index (χ3n) is 20.8. The molecule has 0 radical (unpaired) electrons. The lowest BCUT2D eigenvalue weighted by atomic mass is 9.39. The van der Waals surface area contributed by atoms with E-state index < -0.39 is 35.5 Å². The Labute approximate surface area is 571 Å². The number of pyridine rings is 1. The van der Waals surface area contributed by atoms with E-state index in [1.807, 2.05) is 113 Å². The minimum absolute atomic E-state index is 0.00448. The van der Waals surface area contributed by atoms with Gasteiger partial charge in [-0.1, -0.05) is 95.2 Å². The number of rotatable bonds is 27. The number of amides is 3. The number of aliphatic hydroxyl groups is 1. The van der Waals surface area contributed by atoms with E-state index in [4.69, 9.17) is 29.6 Å². The lowest BCUT2D eigenvalue weighted by Crippen LogP contribution is -2.64. The molecule has 7 aromatic rings. The largest absolute Gasteiger partial charge is 0.476 e. The number of likely N-dealkylation sites (tertiary alicyclic amines) is 1. The zero-order chi connectivity index (χ0) is 67.9. The van der Waals surface area contributed by atoms with Crippen molar-refractivity contribution in [3.05, 3.63) is 106 Å². The number of aromatic nitrogens is 7. The topological polar surface area (TPSA) is 255 Å². The molecule has 5 fully saturated rings. The molecule has 5 aromatic heterocycles. The maximum Gasteiger partial charge on any atom is 0.355 e. The van der Waals surface area contributed by atoms with Gasteiger partial charge in [0.05, 0.1) is 63.5 Å². The summed E-state index contributed by atoms with van der Waals surface area (Å²) < 4.78 is 16.3. The van der Waals surface area contributed by atoms with Crippen LogP contribution in [-0.4, -0.2) is 155 Å². The smallest absolute Gasteiger partial charge is 0.355 e. The second-order valence-corrected chi connectivity index (χ2v) is 32.1. The van der Waals surface area contributed by atoms with Crippen LogP contribution in [0.25, 0.3) is 31.8 Å². The van der Waals surface area contributed by atoms with Gasteiger partial charge in [-0.15, -0.1) is 21.5 Å². The van der Waals surface area contributed by atoms with Gasteiger partial charge in [-0.05, 0) is 163 Å². The number of benzene rings is 2. The number of β-amino-alcohol motifs (C(OH)–C–C–N with tert-alkyl or cyclic N) is 1. The number of carboxylic acids is 1. The Balaban J connectivity index is 0.577. The number of para-hydroxylation sites is 1. The maximum absolute atomic E-state index is 14.2. The first-order valence-corrected chi connectivity index (χ1v) is 36.0. The molecule has 1 saturated heterocycles. The van der Waals surface area contributed by atoms with E-state index in [2.05, 4.69) is 69.5 Å². The van der Waals surface area contributed by atoms with Crippen molar-refractivity contribution in [2.45, 2.75) is 189 Å². The van der Waals surface area contributed by atoms with Crippen molar-refractivity contribution in [2.24, 2.45) is 21.7 Å². The Morgan fingerprint density at radius 2 is 1.61 bits per heavy atom. The van der Waals surface area contributed by atoms with E-state index in [0.717, 1.165) is 150 Å². The summed E-state index contributed by atoms with van der Waals surface area (Å²) in [6, 6.07) is 17.7. The van der Waals surface area contributed by atoms with Crippen LogP contribution in [-0.2, 0) is 36.8 Å². The Morgan fingerprint density at radius 3 is 2.34 bits per heavy atom. The molecule has 7 heterocycles. The molecule has 6 atom stereocenters. The minimum Gasteiger partial charge on any atom is -0.476 e. The van der Waals surface area contributed by atoms with Gasteiger partial charge < -0.3 is 50.3 Å². The predicted molar refractivity (Wildman–Crippen MR) is 375 cm³/mol. The number of carbonyl (C=O) groups is 4. The Hall–Kier alpha value is -7.28. The summed E-state index contributed by atoms with van der Waals surface area (Å²) in [5.74, 6) is -0.294. The van der Waals surface area contributed by atoms with Crippen molar-refractivity contribution in [1.29, 1.82) is 0 Å². The summed E-state index contributed by atoms with van der Waals surface area (Å²) in [5, 5.41) is 46.0. The fourth-order valence-corrected chi connectivity index (χ4v) is 18.9. The fourth-order valence-electron chi connectivity index (χ4n) is 17.3. The van der Waals surface area contributed by atoms with Crippen molar-refractivity contribution in [3.63, 3.8) is 0 Å². The van der Waals surface area contributed by atoms with Crippen LogP contribution < -0.4 is 20.9 Å². The van der Waals surface area contributed by atoms with Gasteiger partial charge in [-0.2, -0.15) is 5.10 Å². The van der Waals surface area contributed by atoms with Gasteiger partial charge in [-0.3, -0.25) is 19.1 Å². The SMILES string of the molecule is Cc1ncsc1-c1ccc([C@H](C)NC(=O)[C@@H]2C[C@@H](O)CN2C(=O)[C@@H](NC(=O)CCOCCCCCCN(C)CCOC23CC4(C)CC(C)(CC(Cn5ncc(-c6ccc(N7CCCc8c7nnc(Nc7nc9ccccc9s7)c8C)nc6C(=O)O)c5C)(C4)C2)C3)C(C)(C)C)cc1. The number of unbranched alkanes of at least 4 members (excludes halogenated alkanes) is 3. The number of anilines is 4. The molecular formula is C73H95N13O8S2. The molecule has 96 heavy (non-hydrogen) atoms. The number of aromatic carboxylic acids is 1. The third kappa shape index (κ3) is 14.9. The highest BCUT2D eigenvalue weighted by molar-refractivity contribution is 7.22. The number of hydrogen-bond donors (Lipinski definition) is 5. The molecule has 6 aliphatic rings. The number of aryl methyl sites for hydroxylation is 1. The van der Waals surface area contributed by atoms with Crippen molar-refractivity contribution in [3.8, 4) is 21.6 Å². The van der Waals surface area contributed by atoms with Crippen LogP contribution >= 0.6 is 22.7 Å². The van der Waals surface area contributed by atoms with Gasteiger partial charge in [0.1, 0.15) is 17.9 Å². The second kappa shape index (κ2) is 27.9. The lowest BCUT2D eigenvalue weighted by Gasteiger charge is -2.69. The minimum atomic E-state index is -1.10. The van der Waals surface area contributed by atoms with Gasteiger partial charge in [0.2, 0.25) is 17.7 Å². The normalized spacial score (nSPS) is 23.6. The lowest BCUT2D eigenvalue weighted by molar-refractivity contribution is -0.248. The number of nitrogens with zero attached hydrogens (tertiary/aromatic N) is 10. The molecule has 2 unspecified atom stereocenters. The van der Waals surface area contributed by atoms with Crippen LogP contribution in [0.15, 0.2) is 72.4 Å². The number of hydrogen-bond acceptors (Lipinski definition) is 18. The highest BCUT2D eigenvalue weighted by atomic mass is 32.1. The number of nitrogens with one attached hydrogen (secondary N) is 3. The van der Waals surface area contributed by atoms with Gasteiger partial charge in [0.25, 0.3) is 0 Å². The first-order chi connectivity index (χ1) is 45.8. The molecule has 512 valence electrons. The first kappa shape index (κ1) is 68.7. The summed E-state index contributed by atoms with van der Waals surface area (Å²) in [4.78, 5) is 75.3. The third-order valence-corrected chi connectivity index (χ3v) is 22.7. The van der Waals surface area contributed by atoms with Crippen molar-refractivity contribution in [2.75, 3.05) is 63.3 Å². The summed E-state index contributed by atoms with van der Waals surface area (Å²) in [6.45, 7) is 23.2. The molecule has 2 aromatic carbocycles. The molecular weight excluding hydrogens is 1250 g/mol. The number of aliphatic hydroxyl groups excluding tert-OH is 1. The average molecular weight is 1350 g/mol. The zero-order valence-electron chi connectivity index (χ0n) is 57.4. The van der Waals surface area contributed by atoms with Gasteiger partial charge >= 0.3 is 5.97 Å². The summed E-state index contributed by atoms with van der Waals surface area (Å²) >= 11 is 3.15. The number of ether oxygens (including phenoxy) is 2. The van der Waals surface area contributed by atoms with Gasteiger partial charge in [0.15, 0.2) is 22.5 Å². The summed E-state index contributed by atoms with van der Waals surface area (Å²) in [5.41, 5.74) is 9.32. The summed E-state index contributed by atoms with van der Waals surface area (Å²) in [6.07, 6.45) is 13.3. The van der Waals surface area contributed by atoms with Crippen LogP contribution in [0.5, 0.6) is 0 Å². The number of carboxylic acid groups (broad SMARTS) is 1. The molecule has 4 saturated carbocycles. The number of carbonyl (C=O) groups excluding carboxylic acids is 3. The van der Waals surface area contributed by atoms with Crippen LogP contribution in [0.4, 0.5) is 22.6 Å².